The predicted octanol–water partition coefficient (Wildman–Crippen LogP) is 19.4. The van der Waals surface area contributed by atoms with Crippen LogP contribution >= 0.6 is 34.4 Å². The number of benzene rings is 8. The molecule has 77 heavy (non-hydrogen) atoms. The lowest BCUT2D eigenvalue weighted by molar-refractivity contribution is 0.260. The van der Waals surface area contributed by atoms with Crippen molar-refractivity contribution < 1.29 is 0 Å². The van der Waals surface area contributed by atoms with Gasteiger partial charge in [0.05, 0.1) is 16.1 Å². The van der Waals surface area contributed by atoms with E-state index in [4.69, 9.17) is 0 Å². The Morgan fingerprint density at radius 3 is 1.79 bits per heavy atom. The second kappa shape index (κ2) is 17.1. The molecule has 0 N–H and O–H groups in total. The molecule has 10 aromatic rings. The van der Waals surface area contributed by atoms with Crippen LogP contribution in [0.5, 0.6) is 0 Å². The minimum absolute atomic E-state index is 0.0000652. The maximum atomic E-state index is 2.69. The first-order valence-corrected chi connectivity index (χ1v) is 30.4. The molecule has 1 saturated carbocycles. The summed E-state index contributed by atoms with van der Waals surface area (Å²) >= 11 is 6.07. The Labute approximate surface area is 469 Å². The fraction of sp³-hybridized carbons (Fsp3) is 0.286. The van der Waals surface area contributed by atoms with Gasteiger partial charge in [0.1, 0.15) is 0 Å². The number of thioether (sulfide) groups is 1. The summed E-state index contributed by atoms with van der Waals surface area (Å²) in [5.74, 6) is 0. The van der Waals surface area contributed by atoms with E-state index >= 15 is 0 Å². The molecule has 5 heterocycles. The molecule has 0 spiro atoms. The molecule has 4 aliphatic rings. The van der Waals surface area contributed by atoms with Crippen LogP contribution in [0, 0.1) is 0 Å². The quantitative estimate of drug-likeness (QED) is 0.159. The highest BCUT2D eigenvalue weighted by molar-refractivity contribution is 8.01. The van der Waals surface area contributed by atoms with E-state index in [1.54, 1.807) is 5.56 Å². The number of hydrogen-bond acceptors (Lipinski definition) is 6. The van der Waals surface area contributed by atoms with Crippen molar-refractivity contribution in [1.82, 2.24) is 0 Å². The average molecular weight is 1060 g/mol. The fourth-order valence-corrected chi connectivity index (χ4v) is 17.9. The Kier molecular flexibility index (Phi) is 10.9. The Hall–Kier alpha value is -6.25. The average Bonchev–Trinajstić information content (AvgIpc) is 4.28. The molecule has 1 aliphatic carbocycles. The van der Waals surface area contributed by atoms with E-state index in [0.29, 0.717) is 0 Å². The van der Waals surface area contributed by atoms with Crippen molar-refractivity contribution in [1.29, 1.82) is 0 Å². The molecule has 14 rings (SSSR count). The van der Waals surface area contributed by atoms with Crippen LogP contribution in [-0.4, -0.2) is 11.5 Å². The summed E-state index contributed by atoms with van der Waals surface area (Å²) in [6.07, 6.45) is 5.13. The van der Waals surface area contributed by atoms with Gasteiger partial charge in [-0.05, 0) is 154 Å². The van der Waals surface area contributed by atoms with Crippen molar-refractivity contribution in [3.63, 3.8) is 0 Å². The summed E-state index contributed by atoms with van der Waals surface area (Å²) in [6, 6.07) is 64.0. The molecule has 2 atom stereocenters. The van der Waals surface area contributed by atoms with Gasteiger partial charge in [0.25, 0.3) is 6.71 Å². The molecule has 384 valence electrons. The van der Waals surface area contributed by atoms with E-state index in [0.717, 1.165) is 17.1 Å². The van der Waals surface area contributed by atoms with E-state index < -0.39 is 0 Å². The van der Waals surface area contributed by atoms with Gasteiger partial charge in [0.15, 0.2) is 0 Å². The maximum absolute atomic E-state index is 2.69. The summed E-state index contributed by atoms with van der Waals surface area (Å²) in [5, 5.41) is 3.95. The molecule has 7 heteroatoms. The first kappa shape index (κ1) is 49.1. The molecular formula is C70H68BN3S3. The number of rotatable bonds is 5. The number of hydrogen-bond donors (Lipinski definition) is 0. The minimum Gasteiger partial charge on any atom is -0.310 e. The van der Waals surface area contributed by atoms with Crippen molar-refractivity contribution in [2.24, 2.45) is 0 Å². The summed E-state index contributed by atoms with van der Waals surface area (Å²) in [7, 11) is 0. The number of nitrogens with zero attached hydrogens (tertiary/aromatic N) is 3. The van der Waals surface area contributed by atoms with E-state index in [9.17, 15) is 0 Å². The summed E-state index contributed by atoms with van der Waals surface area (Å²) < 4.78 is 5.56. The molecule has 2 unspecified atom stereocenters. The van der Waals surface area contributed by atoms with Crippen LogP contribution in [0.3, 0.4) is 0 Å². The lowest BCUT2D eigenvalue weighted by atomic mass is 9.36. The monoisotopic (exact) mass is 1060 g/mol. The number of fused-ring (bicyclic) bond motifs is 12. The van der Waals surface area contributed by atoms with Gasteiger partial charge >= 0.3 is 0 Å². The Balaban J connectivity index is 1.04. The normalized spacial score (nSPS) is 18.9. The zero-order chi connectivity index (χ0) is 53.1. The van der Waals surface area contributed by atoms with Crippen LogP contribution in [0.4, 0.5) is 51.2 Å². The van der Waals surface area contributed by atoms with E-state index in [2.05, 4.69) is 266 Å². The van der Waals surface area contributed by atoms with Crippen LogP contribution in [0.2, 0.25) is 0 Å². The molecule has 3 aliphatic heterocycles. The second-order valence-electron chi connectivity index (χ2n) is 26.1. The molecule has 0 saturated heterocycles. The van der Waals surface area contributed by atoms with Gasteiger partial charge in [0.2, 0.25) is 0 Å². The zero-order valence-corrected chi connectivity index (χ0v) is 49.0. The van der Waals surface area contributed by atoms with Gasteiger partial charge in [-0.25, -0.2) is 0 Å². The Morgan fingerprint density at radius 1 is 0.494 bits per heavy atom. The maximum Gasteiger partial charge on any atom is 0.264 e. The molecule has 0 bridgehead atoms. The minimum atomic E-state index is -0.00701. The molecule has 0 amide bonds. The lowest BCUT2D eigenvalue weighted by Gasteiger charge is -2.45. The molecule has 1 fully saturated rings. The topological polar surface area (TPSA) is 9.72 Å². The van der Waals surface area contributed by atoms with Crippen molar-refractivity contribution in [3.8, 4) is 0 Å². The fourth-order valence-electron chi connectivity index (χ4n) is 13.6. The molecular weight excluding hydrogens is 990 g/mol. The van der Waals surface area contributed by atoms with Gasteiger partial charge in [-0.2, -0.15) is 0 Å². The molecule has 2 aromatic heterocycles. The molecule has 0 radical (unpaired) electrons. The van der Waals surface area contributed by atoms with Gasteiger partial charge in [-0.15, -0.1) is 34.4 Å². The second-order valence-corrected chi connectivity index (χ2v) is 29.7. The van der Waals surface area contributed by atoms with E-state index in [1.807, 2.05) is 22.7 Å². The predicted molar refractivity (Wildman–Crippen MR) is 340 cm³/mol. The van der Waals surface area contributed by atoms with Crippen LogP contribution < -0.4 is 30.4 Å². The third-order valence-corrected chi connectivity index (χ3v) is 22.3. The zero-order valence-electron chi connectivity index (χ0n) is 46.6. The number of anilines is 9. The third-order valence-electron chi connectivity index (χ3n) is 18.2. The van der Waals surface area contributed by atoms with Crippen molar-refractivity contribution in [2.75, 3.05) is 14.7 Å². The van der Waals surface area contributed by atoms with Crippen LogP contribution in [0.25, 0.3) is 30.3 Å². The van der Waals surface area contributed by atoms with Crippen LogP contribution in [-0.2, 0) is 21.7 Å². The van der Waals surface area contributed by atoms with Gasteiger partial charge in [-0.3, -0.25) is 0 Å². The standard InChI is InChI=1S/C70H68BN3S3/c1-66(2,3)43-24-29-46(30-25-43)72(47-31-26-44(27-32-47)67(4,5)6)48-34-36-54-58(41-48)74(57-22-16-19-51-50-18-12-13-23-59(50)75-64(51)57)56-21-17-20-55-62(56)71(54)65-63(52-40-45(68(7,8)9)28-37-60(52)76-65)73(55)49-33-35-53-61(42-49)77-70(11)39-15-14-38-69(53,70)10/h12-13,16-37,40-42H,14-15,38-39H2,1-11H3. The lowest BCUT2D eigenvalue weighted by Crippen LogP contribution is -2.60. The first-order valence-electron chi connectivity index (χ1n) is 28.0. The highest BCUT2D eigenvalue weighted by atomic mass is 32.2. The Bertz CT molecular complexity index is 3980. The first-order chi connectivity index (χ1) is 36.8. The summed E-state index contributed by atoms with van der Waals surface area (Å²) in [5.41, 5.74) is 19.4. The van der Waals surface area contributed by atoms with Crippen LogP contribution in [0.1, 0.15) is 124 Å². The number of thiophene rings is 2. The highest BCUT2D eigenvalue weighted by Crippen LogP contribution is 2.64. The molecule has 3 nitrogen and oxygen atoms in total. The Morgan fingerprint density at radius 2 is 1.09 bits per heavy atom. The highest BCUT2D eigenvalue weighted by Gasteiger charge is 2.54. The van der Waals surface area contributed by atoms with Gasteiger partial charge < -0.3 is 14.7 Å². The smallest absolute Gasteiger partial charge is 0.264 e. The summed E-state index contributed by atoms with van der Waals surface area (Å²) in [6.45, 7) is 26.0. The summed E-state index contributed by atoms with van der Waals surface area (Å²) in [4.78, 5) is 9.27. The van der Waals surface area contributed by atoms with Gasteiger partial charge in [0, 0.05) is 85.2 Å². The van der Waals surface area contributed by atoms with E-state index in [1.165, 1.54) is 127 Å². The van der Waals surface area contributed by atoms with Crippen molar-refractivity contribution in [2.45, 2.75) is 133 Å². The van der Waals surface area contributed by atoms with Crippen LogP contribution in [0.15, 0.2) is 169 Å². The third kappa shape index (κ3) is 7.49. The SMILES string of the molecule is CC(C)(C)c1ccc(N(c2ccc(C(C)(C)C)cc2)c2ccc3c(c2)N(c2cccc4c2sc2ccccc24)c2cccc4c2B3c2sc3ccc(C(C)(C)C)cc3c2N4c2ccc3c(c2)SC2(C)CCCCC32C)cc1. The van der Waals surface area contributed by atoms with Crippen molar-refractivity contribution >= 4 is 138 Å². The van der Waals surface area contributed by atoms with E-state index in [-0.39, 0.29) is 33.1 Å². The molecule has 8 aromatic carbocycles. The largest absolute Gasteiger partial charge is 0.310 e. The van der Waals surface area contributed by atoms with Crippen molar-refractivity contribution in [3.05, 3.63) is 186 Å². The van der Waals surface area contributed by atoms with Gasteiger partial charge in [-0.1, -0.05) is 161 Å².